The van der Waals surface area contributed by atoms with E-state index in [0.717, 1.165) is 19.2 Å². The molecule has 6 nitrogen and oxygen atoms in total. The fraction of sp³-hybridized carbons (Fsp3) is 0.136. The van der Waals surface area contributed by atoms with Crippen molar-refractivity contribution in [2.45, 2.75) is 13.5 Å². The number of halogens is 2. The van der Waals surface area contributed by atoms with Crippen LogP contribution in [-0.4, -0.2) is 23.7 Å². The molecule has 0 spiro atoms. The van der Waals surface area contributed by atoms with Gasteiger partial charge in [-0.3, -0.25) is 9.78 Å². The molecule has 154 valence electrons. The minimum Gasteiger partial charge on any atom is -0.490 e. The van der Waals surface area contributed by atoms with Crippen molar-refractivity contribution in [3.63, 3.8) is 0 Å². The van der Waals surface area contributed by atoms with Gasteiger partial charge in [0.15, 0.2) is 11.5 Å². The third-order valence-electron chi connectivity index (χ3n) is 3.93. The summed E-state index contributed by atoms with van der Waals surface area (Å²) in [5.74, 6) is 0.979. The molecule has 2 aromatic carbocycles. The molecule has 1 N–H and O–H groups in total. The van der Waals surface area contributed by atoms with E-state index in [9.17, 15) is 4.79 Å². The van der Waals surface area contributed by atoms with E-state index in [1.807, 2.05) is 43.3 Å². The van der Waals surface area contributed by atoms with Crippen LogP contribution in [0.25, 0.3) is 0 Å². The Bertz CT molecular complexity index is 1030. The van der Waals surface area contributed by atoms with E-state index in [1.54, 1.807) is 24.5 Å². The maximum atomic E-state index is 12.1. The summed E-state index contributed by atoms with van der Waals surface area (Å²) in [7, 11) is 0. The molecule has 0 saturated carbocycles. The molecule has 0 radical (unpaired) electrons. The highest BCUT2D eigenvalue weighted by Crippen LogP contribution is 2.34. The predicted octanol–water partition coefficient (Wildman–Crippen LogP) is 5.19. The highest BCUT2D eigenvalue weighted by molar-refractivity contribution is 14.1. The molecular weight excluding hydrogens is 561 g/mol. The average Bonchev–Trinajstić information content (AvgIpc) is 2.75. The number of hydrogen-bond donors (Lipinski definition) is 1. The smallest absolute Gasteiger partial charge is 0.272 e. The highest BCUT2D eigenvalue weighted by atomic mass is 127. The van der Waals surface area contributed by atoms with Crippen LogP contribution in [0.5, 0.6) is 11.5 Å². The number of rotatable bonds is 8. The van der Waals surface area contributed by atoms with Crippen molar-refractivity contribution in [1.82, 2.24) is 10.4 Å². The zero-order chi connectivity index (χ0) is 21.3. The Morgan fingerprint density at radius 1 is 1.23 bits per heavy atom. The average molecular weight is 580 g/mol. The lowest BCUT2D eigenvalue weighted by Gasteiger charge is -2.15. The van der Waals surface area contributed by atoms with Crippen molar-refractivity contribution in [3.8, 4) is 11.5 Å². The fourth-order valence-electron chi connectivity index (χ4n) is 2.53. The molecule has 3 aromatic rings. The van der Waals surface area contributed by atoms with Gasteiger partial charge < -0.3 is 9.47 Å². The molecule has 0 aliphatic rings. The number of nitrogens with zero attached hydrogens (tertiary/aromatic N) is 2. The van der Waals surface area contributed by atoms with Gasteiger partial charge in [0.05, 0.1) is 22.0 Å². The molecular formula is C22H19BrIN3O3. The van der Waals surface area contributed by atoms with Gasteiger partial charge in [-0.25, -0.2) is 5.43 Å². The molecule has 3 rings (SSSR count). The second kappa shape index (κ2) is 11.1. The Labute approximate surface area is 197 Å². The molecule has 0 atom stereocenters. The monoisotopic (exact) mass is 579 g/mol. The van der Waals surface area contributed by atoms with Gasteiger partial charge in [-0.1, -0.05) is 28.1 Å². The van der Waals surface area contributed by atoms with Crippen LogP contribution in [0.1, 0.15) is 28.4 Å². The molecule has 1 aromatic heterocycles. The Kier molecular flexibility index (Phi) is 8.21. The molecule has 0 aliphatic carbocycles. The Morgan fingerprint density at radius 3 is 2.73 bits per heavy atom. The van der Waals surface area contributed by atoms with Crippen molar-refractivity contribution in [2.24, 2.45) is 5.10 Å². The van der Waals surface area contributed by atoms with Crippen LogP contribution < -0.4 is 14.9 Å². The zero-order valence-electron chi connectivity index (χ0n) is 16.1. The first kappa shape index (κ1) is 22.2. The topological polar surface area (TPSA) is 72.8 Å². The van der Waals surface area contributed by atoms with E-state index in [0.29, 0.717) is 30.3 Å². The first-order valence-electron chi connectivity index (χ1n) is 9.14. The van der Waals surface area contributed by atoms with E-state index >= 15 is 0 Å². The first-order chi connectivity index (χ1) is 14.6. The summed E-state index contributed by atoms with van der Waals surface area (Å²) in [5, 5.41) is 4.04. The summed E-state index contributed by atoms with van der Waals surface area (Å²) < 4.78 is 13.7. The molecule has 1 heterocycles. The standard InChI is InChI=1S/C22H19BrIN3O3/c1-2-29-20-11-16(12-26-27-22(28)17-4-3-9-25-13-17)10-19(24)21(20)30-14-15-5-7-18(23)8-6-15/h3-13H,2,14H2,1H3,(H,27,28)/b26-12+. The molecule has 0 fully saturated rings. The molecule has 0 aliphatic heterocycles. The summed E-state index contributed by atoms with van der Waals surface area (Å²) in [5.41, 5.74) is 4.78. The summed E-state index contributed by atoms with van der Waals surface area (Å²) in [6.45, 7) is 2.85. The van der Waals surface area contributed by atoms with Crippen molar-refractivity contribution < 1.29 is 14.3 Å². The van der Waals surface area contributed by atoms with Gasteiger partial charge in [-0.15, -0.1) is 0 Å². The van der Waals surface area contributed by atoms with Gasteiger partial charge >= 0.3 is 0 Å². The van der Waals surface area contributed by atoms with Crippen LogP contribution in [0.4, 0.5) is 0 Å². The number of pyridine rings is 1. The minimum atomic E-state index is -0.325. The molecule has 8 heteroatoms. The maximum Gasteiger partial charge on any atom is 0.272 e. The van der Waals surface area contributed by atoms with E-state index < -0.39 is 0 Å². The van der Waals surface area contributed by atoms with Gasteiger partial charge in [0.1, 0.15) is 6.61 Å². The number of carbonyl (C=O) groups is 1. The van der Waals surface area contributed by atoms with Gasteiger partial charge in [0.2, 0.25) is 0 Å². The van der Waals surface area contributed by atoms with E-state index in [4.69, 9.17) is 9.47 Å². The molecule has 0 saturated heterocycles. The first-order valence-corrected chi connectivity index (χ1v) is 11.0. The molecule has 0 bridgehead atoms. The summed E-state index contributed by atoms with van der Waals surface area (Å²) >= 11 is 5.64. The summed E-state index contributed by atoms with van der Waals surface area (Å²) in [6.07, 6.45) is 4.66. The number of nitrogens with one attached hydrogen (secondary N) is 1. The zero-order valence-corrected chi connectivity index (χ0v) is 19.9. The van der Waals surface area contributed by atoms with Crippen LogP contribution >= 0.6 is 38.5 Å². The van der Waals surface area contributed by atoms with E-state index in [-0.39, 0.29) is 5.91 Å². The number of hydrazone groups is 1. The van der Waals surface area contributed by atoms with Crippen LogP contribution in [-0.2, 0) is 6.61 Å². The molecule has 1 amide bonds. The van der Waals surface area contributed by atoms with Crippen molar-refractivity contribution in [3.05, 3.63) is 85.7 Å². The van der Waals surface area contributed by atoms with Crippen LogP contribution in [0, 0.1) is 3.57 Å². The largest absolute Gasteiger partial charge is 0.490 e. The van der Waals surface area contributed by atoms with Crippen molar-refractivity contribution >= 4 is 50.6 Å². The maximum absolute atomic E-state index is 12.1. The van der Waals surface area contributed by atoms with Crippen LogP contribution in [0.3, 0.4) is 0 Å². The SMILES string of the molecule is CCOc1cc(/C=N/NC(=O)c2cccnc2)cc(I)c1OCc1ccc(Br)cc1. The third kappa shape index (κ3) is 6.27. The quantitative estimate of drug-likeness (QED) is 0.226. The second-order valence-electron chi connectivity index (χ2n) is 6.12. The Balaban J connectivity index is 1.71. The lowest BCUT2D eigenvalue weighted by molar-refractivity contribution is 0.0955. The number of hydrogen-bond acceptors (Lipinski definition) is 5. The Hall–Kier alpha value is -2.46. The van der Waals surface area contributed by atoms with Crippen LogP contribution in [0.2, 0.25) is 0 Å². The second-order valence-corrected chi connectivity index (χ2v) is 8.20. The predicted molar refractivity (Wildman–Crippen MR) is 128 cm³/mol. The van der Waals surface area contributed by atoms with E-state index in [2.05, 4.69) is 54.0 Å². The number of aromatic nitrogens is 1. The van der Waals surface area contributed by atoms with Crippen molar-refractivity contribution in [2.75, 3.05) is 6.61 Å². The van der Waals surface area contributed by atoms with E-state index in [1.165, 1.54) is 6.20 Å². The third-order valence-corrected chi connectivity index (χ3v) is 5.26. The lowest BCUT2D eigenvalue weighted by Crippen LogP contribution is -2.17. The van der Waals surface area contributed by atoms with Gasteiger partial charge in [0, 0.05) is 16.9 Å². The molecule has 30 heavy (non-hydrogen) atoms. The Morgan fingerprint density at radius 2 is 2.03 bits per heavy atom. The normalized spacial score (nSPS) is 10.8. The summed E-state index contributed by atoms with van der Waals surface area (Å²) in [6, 6.07) is 15.1. The van der Waals surface area contributed by atoms with Crippen molar-refractivity contribution in [1.29, 1.82) is 0 Å². The number of amides is 1. The lowest BCUT2D eigenvalue weighted by atomic mass is 10.2. The van der Waals surface area contributed by atoms with Crippen LogP contribution in [0.15, 0.2) is 70.5 Å². The minimum absolute atomic E-state index is 0.325. The van der Waals surface area contributed by atoms with Gasteiger partial charge in [-0.2, -0.15) is 5.10 Å². The number of ether oxygens (including phenoxy) is 2. The highest BCUT2D eigenvalue weighted by Gasteiger charge is 2.12. The summed E-state index contributed by atoms with van der Waals surface area (Å²) in [4.78, 5) is 16.0. The van der Waals surface area contributed by atoms with Gasteiger partial charge in [0.25, 0.3) is 5.91 Å². The molecule has 0 unspecified atom stereocenters. The number of carbonyl (C=O) groups excluding carboxylic acids is 1. The fourth-order valence-corrected chi connectivity index (χ4v) is 3.57. The number of benzene rings is 2. The van der Waals surface area contributed by atoms with Gasteiger partial charge in [-0.05, 0) is 77.0 Å².